The Morgan fingerprint density at radius 1 is 1.42 bits per heavy atom. The lowest BCUT2D eigenvalue weighted by atomic mass is 10.2. The smallest absolute Gasteiger partial charge is 0.249 e. The van der Waals surface area contributed by atoms with Gasteiger partial charge in [-0.05, 0) is 25.0 Å². The number of aromatic nitrogens is 2. The second-order valence-electron chi connectivity index (χ2n) is 5.51. The molecule has 0 radical (unpaired) electrons. The fourth-order valence-corrected chi connectivity index (χ4v) is 3.88. The summed E-state index contributed by atoms with van der Waals surface area (Å²) in [7, 11) is 0. The van der Waals surface area contributed by atoms with Gasteiger partial charge in [-0.2, -0.15) is 0 Å². The summed E-state index contributed by atoms with van der Waals surface area (Å²) in [5.41, 5.74) is 0.936. The molecule has 1 aliphatic rings. The minimum absolute atomic E-state index is 0.0136. The summed E-state index contributed by atoms with van der Waals surface area (Å²) in [5, 5.41) is 12.2. The topological polar surface area (TPSA) is 75.2 Å². The van der Waals surface area contributed by atoms with Crippen molar-refractivity contribution in [2.24, 2.45) is 0 Å². The van der Waals surface area contributed by atoms with Crippen LogP contribution >= 0.6 is 27.3 Å². The van der Waals surface area contributed by atoms with E-state index in [4.69, 9.17) is 0 Å². The number of halogens is 1. The molecule has 6 nitrogen and oxygen atoms in total. The molecule has 2 heterocycles. The average molecular weight is 409 g/mol. The van der Waals surface area contributed by atoms with E-state index >= 15 is 0 Å². The van der Waals surface area contributed by atoms with Crippen LogP contribution in [0.5, 0.6) is 0 Å². The van der Waals surface area contributed by atoms with Gasteiger partial charge in [-0.25, -0.2) is 0 Å². The van der Waals surface area contributed by atoms with Crippen LogP contribution in [0.1, 0.15) is 26.2 Å². The van der Waals surface area contributed by atoms with Crippen molar-refractivity contribution in [1.29, 1.82) is 0 Å². The zero-order chi connectivity index (χ0) is 17.1. The maximum Gasteiger partial charge on any atom is 0.249 e. The Balaban J connectivity index is 1.70. The fourth-order valence-electron chi connectivity index (χ4n) is 2.74. The van der Waals surface area contributed by atoms with Crippen LogP contribution in [0, 0.1) is 0 Å². The van der Waals surface area contributed by atoms with Crippen molar-refractivity contribution < 1.29 is 9.59 Å². The molecule has 2 amide bonds. The Bertz CT molecular complexity index is 764. The largest absolute Gasteiger partial charge is 0.331 e. The van der Waals surface area contributed by atoms with Gasteiger partial charge in [0, 0.05) is 23.0 Å². The highest BCUT2D eigenvalue weighted by Crippen LogP contribution is 2.29. The van der Waals surface area contributed by atoms with Crippen LogP contribution in [0.25, 0.3) is 10.6 Å². The second kappa shape index (κ2) is 7.40. The quantitative estimate of drug-likeness (QED) is 0.841. The predicted molar refractivity (Wildman–Crippen MR) is 96.7 cm³/mol. The third-order valence-electron chi connectivity index (χ3n) is 3.90. The molecule has 0 spiro atoms. The number of amides is 2. The molecule has 2 aromatic rings. The van der Waals surface area contributed by atoms with Crippen LogP contribution in [-0.4, -0.2) is 39.5 Å². The first-order valence-corrected chi connectivity index (χ1v) is 9.39. The van der Waals surface area contributed by atoms with E-state index in [1.54, 1.807) is 4.90 Å². The number of carbonyl (C=O) groups excluding carboxylic acids is 2. The van der Waals surface area contributed by atoms with Crippen LogP contribution in [0.15, 0.2) is 28.7 Å². The molecule has 3 rings (SSSR count). The zero-order valence-corrected chi connectivity index (χ0v) is 15.6. The summed E-state index contributed by atoms with van der Waals surface area (Å²) in [6.07, 6.45) is 1.95. The van der Waals surface area contributed by atoms with E-state index in [0.717, 1.165) is 21.5 Å². The number of anilines is 1. The molecular weight excluding hydrogens is 392 g/mol. The van der Waals surface area contributed by atoms with Crippen LogP contribution in [-0.2, 0) is 9.59 Å². The number of nitrogens with zero attached hydrogens (tertiary/aromatic N) is 3. The van der Waals surface area contributed by atoms with Crippen molar-refractivity contribution in [1.82, 2.24) is 15.1 Å². The predicted octanol–water partition coefficient (Wildman–Crippen LogP) is 3.31. The molecule has 8 heteroatoms. The van der Waals surface area contributed by atoms with Gasteiger partial charge in [-0.3, -0.25) is 14.9 Å². The number of likely N-dealkylation sites (tertiary alicyclic amines) is 1. The first kappa shape index (κ1) is 17.0. The molecule has 24 heavy (non-hydrogen) atoms. The second-order valence-corrected chi connectivity index (χ2v) is 7.40. The highest BCUT2D eigenvalue weighted by atomic mass is 79.9. The van der Waals surface area contributed by atoms with Gasteiger partial charge >= 0.3 is 0 Å². The lowest BCUT2D eigenvalue weighted by Crippen LogP contribution is -2.42. The Kier molecular flexibility index (Phi) is 5.25. The number of hydrogen-bond acceptors (Lipinski definition) is 5. The minimum Gasteiger partial charge on any atom is -0.331 e. The molecule has 1 fully saturated rings. The van der Waals surface area contributed by atoms with E-state index in [-0.39, 0.29) is 11.8 Å². The highest BCUT2D eigenvalue weighted by Gasteiger charge is 2.33. The molecule has 1 aromatic heterocycles. The average Bonchev–Trinajstić information content (AvgIpc) is 3.23. The van der Waals surface area contributed by atoms with Crippen LogP contribution in [0.2, 0.25) is 0 Å². The summed E-state index contributed by atoms with van der Waals surface area (Å²) in [6.45, 7) is 2.45. The molecule has 126 valence electrons. The standard InChI is InChI=1S/C16H17BrN4O2S/c1-2-13(22)21-8-4-7-12(21)14(23)18-16-20-19-15(24-16)10-5-3-6-11(17)9-10/h3,5-6,9,12H,2,4,7-8H2,1H3,(H,18,20,23). The number of hydrogen-bond donors (Lipinski definition) is 1. The molecular formula is C16H17BrN4O2S. The van der Waals surface area contributed by atoms with E-state index in [1.807, 2.05) is 31.2 Å². The molecule has 0 saturated carbocycles. The molecule has 0 bridgehead atoms. The normalized spacial score (nSPS) is 17.1. The van der Waals surface area contributed by atoms with Gasteiger partial charge in [0.25, 0.3) is 0 Å². The molecule has 0 aliphatic carbocycles. The van der Waals surface area contributed by atoms with Gasteiger partial charge < -0.3 is 4.90 Å². The summed E-state index contributed by atoms with van der Waals surface area (Å²) in [5.74, 6) is -0.175. The Morgan fingerprint density at radius 3 is 3.00 bits per heavy atom. The van der Waals surface area contributed by atoms with E-state index in [0.29, 0.717) is 24.5 Å². The number of carbonyl (C=O) groups is 2. The minimum atomic E-state index is -0.407. The van der Waals surface area contributed by atoms with Crippen molar-refractivity contribution in [3.63, 3.8) is 0 Å². The number of nitrogens with one attached hydrogen (secondary N) is 1. The van der Waals surface area contributed by atoms with Gasteiger partial charge in [-0.15, -0.1) is 10.2 Å². The lowest BCUT2D eigenvalue weighted by Gasteiger charge is -2.22. The SMILES string of the molecule is CCC(=O)N1CCCC1C(=O)Nc1nnc(-c2cccc(Br)c2)s1. The van der Waals surface area contributed by atoms with Crippen molar-refractivity contribution >= 4 is 44.2 Å². The van der Waals surface area contributed by atoms with E-state index in [9.17, 15) is 9.59 Å². The summed E-state index contributed by atoms with van der Waals surface area (Å²) >= 11 is 4.75. The maximum absolute atomic E-state index is 12.5. The summed E-state index contributed by atoms with van der Waals surface area (Å²) in [6, 6.07) is 7.34. The first-order chi connectivity index (χ1) is 11.6. The molecule has 1 atom stereocenters. The molecule has 1 N–H and O–H groups in total. The van der Waals surface area contributed by atoms with Crippen LogP contribution < -0.4 is 5.32 Å². The van der Waals surface area contributed by atoms with E-state index < -0.39 is 6.04 Å². The third kappa shape index (κ3) is 3.64. The highest BCUT2D eigenvalue weighted by molar-refractivity contribution is 9.10. The molecule has 1 aromatic carbocycles. The molecule has 1 saturated heterocycles. The van der Waals surface area contributed by atoms with Crippen molar-refractivity contribution in [3.05, 3.63) is 28.7 Å². The zero-order valence-electron chi connectivity index (χ0n) is 13.2. The van der Waals surface area contributed by atoms with Gasteiger partial charge in [0.05, 0.1) is 0 Å². The molecule has 1 aliphatic heterocycles. The van der Waals surface area contributed by atoms with Crippen LogP contribution in [0.3, 0.4) is 0 Å². The monoisotopic (exact) mass is 408 g/mol. The summed E-state index contributed by atoms with van der Waals surface area (Å²) in [4.78, 5) is 26.0. The Hall–Kier alpha value is -1.80. The van der Waals surface area contributed by atoms with E-state index in [2.05, 4.69) is 31.4 Å². The van der Waals surface area contributed by atoms with Crippen molar-refractivity contribution in [2.45, 2.75) is 32.2 Å². The maximum atomic E-state index is 12.5. The number of rotatable bonds is 4. The van der Waals surface area contributed by atoms with E-state index in [1.165, 1.54) is 11.3 Å². The Morgan fingerprint density at radius 2 is 2.25 bits per heavy atom. The van der Waals surface area contributed by atoms with Gasteiger partial charge in [0.15, 0.2) is 0 Å². The van der Waals surface area contributed by atoms with Crippen molar-refractivity contribution in [3.8, 4) is 10.6 Å². The first-order valence-electron chi connectivity index (χ1n) is 7.78. The van der Waals surface area contributed by atoms with Gasteiger partial charge in [-0.1, -0.05) is 46.3 Å². The summed E-state index contributed by atoms with van der Waals surface area (Å²) < 4.78 is 0.959. The Labute approximate surface area is 152 Å². The third-order valence-corrected chi connectivity index (χ3v) is 5.29. The lowest BCUT2D eigenvalue weighted by molar-refractivity contribution is -0.136. The number of benzene rings is 1. The van der Waals surface area contributed by atoms with Gasteiger partial charge in [0.1, 0.15) is 11.0 Å². The fraction of sp³-hybridized carbons (Fsp3) is 0.375. The van der Waals surface area contributed by atoms with Crippen molar-refractivity contribution in [2.75, 3.05) is 11.9 Å². The van der Waals surface area contributed by atoms with Crippen LogP contribution in [0.4, 0.5) is 5.13 Å². The van der Waals surface area contributed by atoms with Gasteiger partial charge in [0.2, 0.25) is 16.9 Å². The molecule has 1 unspecified atom stereocenters.